The molecule has 3 rings (SSSR count). The number of hydrogen-bond acceptors (Lipinski definition) is 3. The van der Waals surface area contributed by atoms with E-state index in [1.165, 1.54) is 6.07 Å². The Kier molecular flexibility index (Phi) is 5.38. The molecule has 134 valence electrons. The zero-order valence-electron chi connectivity index (χ0n) is 13.6. The first-order valence-electron chi connectivity index (χ1n) is 7.90. The van der Waals surface area contributed by atoms with Gasteiger partial charge in [0.05, 0.1) is 5.56 Å². The molecule has 0 aliphatic rings. The number of carboxylic acids is 2. The van der Waals surface area contributed by atoms with E-state index < -0.39 is 11.9 Å². The number of hydrogen-bond donors (Lipinski definition) is 3. The summed E-state index contributed by atoms with van der Waals surface area (Å²) in [5.74, 6) is -1.50. The topological polar surface area (TPSA) is 79.5 Å². The van der Waals surface area contributed by atoms with Gasteiger partial charge < -0.3 is 14.8 Å². The fourth-order valence-electron chi connectivity index (χ4n) is 3.15. The van der Waals surface area contributed by atoms with Gasteiger partial charge in [-0.15, -0.1) is 0 Å². The SMILES string of the molecule is O=C(O)c1ccc(Br)c(Cn2c(C(=O)O)c(CCS)c3ccccc32)c1. The number of para-hydroxylation sites is 1. The Labute approximate surface area is 163 Å². The molecule has 0 aliphatic heterocycles. The first-order chi connectivity index (χ1) is 12.4. The van der Waals surface area contributed by atoms with E-state index in [0.717, 1.165) is 20.9 Å². The molecule has 3 aromatic rings. The van der Waals surface area contributed by atoms with E-state index in [2.05, 4.69) is 28.6 Å². The van der Waals surface area contributed by atoms with Crippen LogP contribution < -0.4 is 0 Å². The van der Waals surface area contributed by atoms with Gasteiger partial charge in [0.1, 0.15) is 5.69 Å². The summed E-state index contributed by atoms with van der Waals surface area (Å²) < 4.78 is 2.45. The van der Waals surface area contributed by atoms with E-state index in [-0.39, 0.29) is 17.8 Å². The number of rotatable bonds is 6. The Morgan fingerprint density at radius 3 is 2.46 bits per heavy atom. The maximum absolute atomic E-state index is 12.0. The van der Waals surface area contributed by atoms with Crippen molar-refractivity contribution in [1.29, 1.82) is 0 Å². The third kappa shape index (κ3) is 3.37. The second kappa shape index (κ2) is 7.55. The van der Waals surface area contributed by atoms with E-state index in [9.17, 15) is 19.8 Å². The lowest BCUT2D eigenvalue weighted by molar-refractivity contribution is 0.0677. The Bertz CT molecular complexity index is 1010. The van der Waals surface area contributed by atoms with E-state index in [4.69, 9.17) is 0 Å². The summed E-state index contributed by atoms with van der Waals surface area (Å²) in [5, 5.41) is 19.9. The van der Waals surface area contributed by atoms with Crippen LogP contribution in [-0.4, -0.2) is 32.5 Å². The Morgan fingerprint density at radius 2 is 1.81 bits per heavy atom. The lowest BCUT2D eigenvalue weighted by Crippen LogP contribution is -2.12. The lowest BCUT2D eigenvalue weighted by Gasteiger charge is -2.12. The molecule has 0 fully saturated rings. The van der Waals surface area contributed by atoms with Gasteiger partial charge in [0.25, 0.3) is 0 Å². The molecule has 1 heterocycles. The number of aromatic nitrogens is 1. The molecule has 0 bridgehead atoms. The zero-order valence-corrected chi connectivity index (χ0v) is 16.1. The number of fused-ring (bicyclic) bond motifs is 1. The van der Waals surface area contributed by atoms with E-state index in [0.29, 0.717) is 17.7 Å². The third-order valence-electron chi connectivity index (χ3n) is 4.26. The highest BCUT2D eigenvalue weighted by Gasteiger charge is 2.22. The number of aromatic carboxylic acids is 2. The molecule has 0 spiro atoms. The van der Waals surface area contributed by atoms with Crippen molar-refractivity contribution in [1.82, 2.24) is 4.57 Å². The molecule has 0 amide bonds. The fraction of sp³-hybridized carbons (Fsp3) is 0.158. The highest BCUT2D eigenvalue weighted by atomic mass is 79.9. The van der Waals surface area contributed by atoms with Crippen molar-refractivity contribution in [3.63, 3.8) is 0 Å². The molecule has 0 saturated heterocycles. The van der Waals surface area contributed by atoms with Crippen LogP contribution >= 0.6 is 28.6 Å². The summed E-state index contributed by atoms with van der Waals surface area (Å²) in [7, 11) is 0. The number of halogens is 1. The molecule has 2 aromatic carbocycles. The minimum atomic E-state index is -1.02. The number of nitrogens with zero attached hydrogens (tertiary/aromatic N) is 1. The van der Waals surface area contributed by atoms with Crippen LogP contribution in [0.15, 0.2) is 46.9 Å². The van der Waals surface area contributed by atoms with Gasteiger partial charge in [0, 0.05) is 21.9 Å². The van der Waals surface area contributed by atoms with Crippen LogP contribution in [-0.2, 0) is 13.0 Å². The van der Waals surface area contributed by atoms with Crippen molar-refractivity contribution < 1.29 is 19.8 Å². The standard InChI is InChI=1S/C19H16BrNO4S/c20-15-6-5-11(18(22)23)9-12(15)10-21-16-4-2-1-3-13(16)14(7-8-26)17(21)19(24)25/h1-6,9,26H,7-8,10H2,(H,22,23)(H,24,25). The minimum absolute atomic E-state index is 0.159. The van der Waals surface area contributed by atoms with Crippen LogP contribution in [0, 0.1) is 0 Å². The summed E-state index contributed by atoms with van der Waals surface area (Å²) in [4.78, 5) is 23.3. The number of aryl methyl sites for hydroxylation is 1. The molecule has 5 nitrogen and oxygen atoms in total. The van der Waals surface area contributed by atoms with Crippen molar-refractivity contribution in [3.8, 4) is 0 Å². The number of thiol groups is 1. The molecule has 2 N–H and O–H groups in total. The maximum atomic E-state index is 12.0. The van der Waals surface area contributed by atoms with Crippen LogP contribution in [0.5, 0.6) is 0 Å². The van der Waals surface area contributed by atoms with E-state index in [1.54, 1.807) is 16.7 Å². The first-order valence-corrected chi connectivity index (χ1v) is 9.32. The summed E-state index contributed by atoms with van der Waals surface area (Å²) >= 11 is 7.69. The van der Waals surface area contributed by atoms with Gasteiger partial charge in [-0.05, 0) is 47.6 Å². The minimum Gasteiger partial charge on any atom is -0.478 e. The summed E-state index contributed by atoms with van der Waals surface area (Å²) in [6, 6.07) is 12.2. The number of carboxylic acid groups (broad SMARTS) is 2. The predicted molar refractivity (Wildman–Crippen MR) is 107 cm³/mol. The van der Waals surface area contributed by atoms with Crippen molar-refractivity contribution in [2.24, 2.45) is 0 Å². The molecule has 26 heavy (non-hydrogen) atoms. The van der Waals surface area contributed by atoms with Crippen LogP contribution in [0.2, 0.25) is 0 Å². The summed E-state index contributed by atoms with van der Waals surface area (Å²) in [6.45, 7) is 0.246. The molecular formula is C19H16BrNO4S. The van der Waals surface area contributed by atoms with Crippen LogP contribution in [0.1, 0.15) is 32.0 Å². The highest BCUT2D eigenvalue weighted by Crippen LogP contribution is 2.30. The average molecular weight is 434 g/mol. The van der Waals surface area contributed by atoms with Gasteiger partial charge in [-0.2, -0.15) is 12.6 Å². The maximum Gasteiger partial charge on any atom is 0.352 e. The van der Waals surface area contributed by atoms with Crippen LogP contribution in [0.25, 0.3) is 10.9 Å². The second-order valence-corrected chi connectivity index (χ2v) is 7.12. The van der Waals surface area contributed by atoms with E-state index >= 15 is 0 Å². The lowest BCUT2D eigenvalue weighted by atomic mass is 10.1. The Hall–Kier alpha value is -2.25. The molecule has 0 atom stereocenters. The molecular weight excluding hydrogens is 418 g/mol. The van der Waals surface area contributed by atoms with Gasteiger partial charge in [-0.25, -0.2) is 9.59 Å². The smallest absolute Gasteiger partial charge is 0.352 e. The van der Waals surface area contributed by atoms with Crippen LogP contribution in [0.3, 0.4) is 0 Å². The summed E-state index contributed by atoms with van der Waals surface area (Å²) in [6.07, 6.45) is 0.536. The van der Waals surface area contributed by atoms with E-state index in [1.807, 2.05) is 24.3 Å². The zero-order chi connectivity index (χ0) is 18.8. The van der Waals surface area contributed by atoms with Gasteiger partial charge >= 0.3 is 11.9 Å². The molecule has 0 saturated carbocycles. The van der Waals surface area contributed by atoms with Crippen molar-refractivity contribution in [2.75, 3.05) is 5.75 Å². The fourth-order valence-corrected chi connectivity index (χ4v) is 3.74. The molecule has 0 unspecified atom stereocenters. The van der Waals surface area contributed by atoms with Crippen molar-refractivity contribution in [2.45, 2.75) is 13.0 Å². The molecule has 1 aromatic heterocycles. The predicted octanol–water partition coefficient (Wildman–Crippen LogP) is 4.32. The quantitative estimate of drug-likeness (QED) is 0.505. The summed E-state index contributed by atoms with van der Waals surface area (Å²) in [5.41, 5.74) is 2.62. The van der Waals surface area contributed by atoms with Gasteiger partial charge in [-0.3, -0.25) is 0 Å². The molecule has 0 radical (unpaired) electrons. The monoisotopic (exact) mass is 433 g/mol. The Balaban J connectivity index is 2.22. The van der Waals surface area contributed by atoms with Gasteiger partial charge in [0.15, 0.2) is 0 Å². The number of benzene rings is 2. The molecule has 7 heteroatoms. The first kappa shape index (κ1) is 18.5. The number of carbonyl (C=O) groups is 2. The van der Waals surface area contributed by atoms with Gasteiger partial charge in [-0.1, -0.05) is 34.1 Å². The van der Waals surface area contributed by atoms with Crippen molar-refractivity contribution in [3.05, 3.63) is 69.3 Å². The molecule has 0 aliphatic carbocycles. The normalized spacial score (nSPS) is 11.0. The van der Waals surface area contributed by atoms with Crippen LogP contribution in [0.4, 0.5) is 0 Å². The van der Waals surface area contributed by atoms with Crippen molar-refractivity contribution >= 4 is 51.4 Å². The third-order valence-corrected chi connectivity index (χ3v) is 5.26. The Morgan fingerprint density at radius 1 is 1.08 bits per heavy atom. The van der Waals surface area contributed by atoms with Gasteiger partial charge in [0.2, 0.25) is 0 Å². The highest BCUT2D eigenvalue weighted by molar-refractivity contribution is 9.10. The average Bonchev–Trinajstić information content (AvgIpc) is 2.91. The second-order valence-electron chi connectivity index (χ2n) is 5.82. The largest absolute Gasteiger partial charge is 0.478 e.